The van der Waals surface area contributed by atoms with Gasteiger partial charge in [0, 0.05) is 29.6 Å². The molecule has 7 nitrogen and oxygen atoms in total. The highest BCUT2D eigenvalue weighted by Gasteiger charge is 2.48. The Labute approximate surface area is 221 Å². The lowest BCUT2D eigenvalue weighted by atomic mass is 9.85. The number of rotatable bonds is 4. The van der Waals surface area contributed by atoms with E-state index in [2.05, 4.69) is 55.2 Å². The number of carbonyl (C=O) groups excluding carboxylic acids is 2. The molecule has 1 saturated heterocycles. The molecule has 2 amide bonds. The molecule has 38 heavy (non-hydrogen) atoms. The standard InChI is InChI=1S/C31H29N3O4/c1-18(2)20-8-10-21(11-9-20)30-29-23(22-5-3-4-6-24(22)32-29)14-25-31(36)33(16-28(35)34(25)30)15-19-7-12-26-27(13-19)38-17-37-26/h3-13,18,25,30,32H,14-17H2,1-2H3/t25-,30+/m0/s1. The van der Waals surface area contributed by atoms with Crippen molar-refractivity contribution in [1.82, 2.24) is 14.8 Å². The van der Waals surface area contributed by atoms with Gasteiger partial charge >= 0.3 is 0 Å². The molecule has 2 atom stereocenters. The largest absolute Gasteiger partial charge is 0.454 e. The van der Waals surface area contributed by atoms with E-state index in [-0.39, 0.29) is 31.2 Å². The van der Waals surface area contributed by atoms with Crippen LogP contribution in [0.4, 0.5) is 0 Å². The summed E-state index contributed by atoms with van der Waals surface area (Å²) in [5.41, 5.74) is 6.31. The number of carbonyl (C=O) groups is 2. The number of nitrogens with zero attached hydrogens (tertiary/aromatic N) is 2. The highest BCUT2D eigenvalue weighted by molar-refractivity contribution is 5.97. The quantitative estimate of drug-likeness (QED) is 0.426. The number of benzene rings is 3. The second-order valence-electron chi connectivity index (χ2n) is 10.7. The van der Waals surface area contributed by atoms with Gasteiger partial charge in [-0.3, -0.25) is 9.59 Å². The van der Waals surface area contributed by atoms with Gasteiger partial charge in [-0.15, -0.1) is 0 Å². The van der Waals surface area contributed by atoms with E-state index >= 15 is 0 Å². The van der Waals surface area contributed by atoms with E-state index in [0.29, 0.717) is 30.4 Å². The first-order chi connectivity index (χ1) is 18.5. The zero-order chi connectivity index (χ0) is 26.0. The fourth-order valence-electron chi connectivity index (χ4n) is 6.13. The molecular formula is C31H29N3O4. The van der Waals surface area contributed by atoms with Crippen LogP contribution in [0.2, 0.25) is 0 Å². The van der Waals surface area contributed by atoms with Gasteiger partial charge in [-0.1, -0.05) is 62.4 Å². The van der Waals surface area contributed by atoms with Gasteiger partial charge in [-0.25, -0.2) is 0 Å². The minimum absolute atomic E-state index is 0.0259. The van der Waals surface area contributed by atoms with Crippen LogP contribution in [-0.2, 0) is 22.6 Å². The lowest BCUT2D eigenvalue weighted by Gasteiger charge is -2.47. The molecule has 0 unspecified atom stereocenters. The monoisotopic (exact) mass is 507 g/mol. The lowest BCUT2D eigenvalue weighted by molar-refractivity contribution is -0.159. The third-order valence-electron chi connectivity index (χ3n) is 8.07. The van der Waals surface area contributed by atoms with Crippen LogP contribution in [-0.4, -0.2) is 46.0 Å². The second kappa shape index (κ2) is 8.65. The Kier molecular flexibility index (Phi) is 5.21. The number of hydrogen-bond acceptors (Lipinski definition) is 4. The number of fused-ring (bicyclic) bond motifs is 5. The number of aromatic amines is 1. The molecule has 1 N–H and O–H groups in total. The number of aromatic nitrogens is 1. The third-order valence-corrected chi connectivity index (χ3v) is 8.07. The van der Waals surface area contributed by atoms with E-state index in [1.54, 1.807) is 4.90 Å². The second-order valence-corrected chi connectivity index (χ2v) is 10.7. The van der Waals surface area contributed by atoms with Crippen LogP contribution >= 0.6 is 0 Å². The predicted molar refractivity (Wildman–Crippen MR) is 143 cm³/mol. The van der Waals surface area contributed by atoms with E-state index < -0.39 is 6.04 Å². The average Bonchev–Trinajstić information content (AvgIpc) is 3.54. The first kappa shape index (κ1) is 22.9. The molecule has 1 aromatic heterocycles. The average molecular weight is 508 g/mol. The van der Waals surface area contributed by atoms with Crippen molar-refractivity contribution in [3.8, 4) is 11.5 Å². The van der Waals surface area contributed by atoms with Crippen LogP contribution in [0.5, 0.6) is 11.5 Å². The third kappa shape index (κ3) is 3.56. The maximum Gasteiger partial charge on any atom is 0.246 e. The number of H-pyrrole nitrogens is 1. The Bertz CT molecular complexity index is 1570. The summed E-state index contributed by atoms with van der Waals surface area (Å²) in [6, 6.07) is 21.4. The Morgan fingerprint density at radius 2 is 1.76 bits per heavy atom. The maximum absolute atomic E-state index is 14.0. The number of nitrogens with one attached hydrogen (secondary N) is 1. The molecule has 4 aromatic rings. The van der Waals surface area contributed by atoms with E-state index in [1.165, 1.54) is 5.56 Å². The molecule has 0 spiro atoms. The molecule has 192 valence electrons. The van der Waals surface area contributed by atoms with E-state index in [9.17, 15) is 9.59 Å². The van der Waals surface area contributed by atoms with Crippen LogP contribution in [0, 0.1) is 0 Å². The molecular weight excluding hydrogens is 478 g/mol. The summed E-state index contributed by atoms with van der Waals surface area (Å²) < 4.78 is 10.9. The van der Waals surface area contributed by atoms with Gasteiger partial charge < -0.3 is 24.3 Å². The molecule has 0 radical (unpaired) electrons. The Morgan fingerprint density at radius 1 is 0.974 bits per heavy atom. The van der Waals surface area contributed by atoms with Crippen LogP contribution < -0.4 is 9.47 Å². The van der Waals surface area contributed by atoms with Crippen LogP contribution in [0.25, 0.3) is 10.9 Å². The molecule has 0 saturated carbocycles. The summed E-state index contributed by atoms with van der Waals surface area (Å²) in [5, 5.41) is 1.11. The lowest BCUT2D eigenvalue weighted by Crippen LogP contribution is -2.62. The van der Waals surface area contributed by atoms with Crippen molar-refractivity contribution in [2.75, 3.05) is 13.3 Å². The summed E-state index contributed by atoms with van der Waals surface area (Å²) >= 11 is 0. The van der Waals surface area contributed by atoms with Crippen molar-refractivity contribution in [2.24, 2.45) is 0 Å². The number of ether oxygens (including phenoxy) is 2. The van der Waals surface area contributed by atoms with Gasteiger partial charge in [0.05, 0.1) is 6.04 Å². The molecule has 3 aromatic carbocycles. The number of amides is 2. The molecule has 7 heteroatoms. The summed E-state index contributed by atoms with van der Waals surface area (Å²) in [6.07, 6.45) is 0.488. The van der Waals surface area contributed by atoms with Gasteiger partial charge in [0.2, 0.25) is 18.6 Å². The van der Waals surface area contributed by atoms with Crippen LogP contribution in [0.15, 0.2) is 66.7 Å². The molecule has 0 bridgehead atoms. The van der Waals surface area contributed by atoms with E-state index in [4.69, 9.17) is 9.47 Å². The SMILES string of the molecule is CC(C)c1ccc([C@@H]2c3[nH]c4ccccc4c3C[C@H]3C(=O)N(Cc4ccc5c(c4)OCO5)CC(=O)N23)cc1. The van der Waals surface area contributed by atoms with Crippen molar-refractivity contribution < 1.29 is 19.1 Å². The highest BCUT2D eigenvalue weighted by atomic mass is 16.7. The Morgan fingerprint density at radius 3 is 2.58 bits per heavy atom. The van der Waals surface area contributed by atoms with Gasteiger partial charge in [0.25, 0.3) is 0 Å². The van der Waals surface area contributed by atoms with E-state index in [0.717, 1.165) is 33.3 Å². The van der Waals surface area contributed by atoms with Crippen molar-refractivity contribution in [1.29, 1.82) is 0 Å². The first-order valence-corrected chi connectivity index (χ1v) is 13.2. The number of hydrogen-bond donors (Lipinski definition) is 1. The maximum atomic E-state index is 14.0. The number of piperazine rings is 1. The van der Waals surface area contributed by atoms with E-state index in [1.807, 2.05) is 35.2 Å². The molecule has 0 aliphatic carbocycles. The minimum atomic E-state index is -0.563. The fraction of sp³-hybridized carbons (Fsp3) is 0.290. The van der Waals surface area contributed by atoms with Crippen molar-refractivity contribution >= 4 is 22.7 Å². The van der Waals surface area contributed by atoms with Gasteiger partial charge in [0.15, 0.2) is 11.5 Å². The first-order valence-electron chi connectivity index (χ1n) is 13.2. The summed E-state index contributed by atoms with van der Waals surface area (Å²) in [6.45, 7) is 4.93. The van der Waals surface area contributed by atoms with Gasteiger partial charge in [0.1, 0.15) is 12.6 Å². The summed E-state index contributed by atoms with van der Waals surface area (Å²) in [5.74, 6) is 1.71. The molecule has 7 rings (SSSR count). The molecule has 3 aliphatic rings. The zero-order valence-corrected chi connectivity index (χ0v) is 21.4. The highest BCUT2D eigenvalue weighted by Crippen LogP contribution is 2.43. The van der Waals surface area contributed by atoms with Crippen LogP contribution in [0.1, 0.15) is 53.8 Å². The minimum Gasteiger partial charge on any atom is -0.454 e. The van der Waals surface area contributed by atoms with Crippen molar-refractivity contribution in [3.63, 3.8) is 0 Å². The smallest absolute Gasteiger partial charge is 0.246 e. The predicted octanol–water partition coefficient (Wildman–Crippen LogP) is 4.91. The Hall–Kier alpha value is -4.26. The normalized spacial score (nSPS) is 20.3. The molecule has 4 heterocycles. The van der Waals surface area contributed by atoms with Gasteiger partial charge in [-0.2, -0.15) is 0 Å². The van der Waals surface area contributed by atoms with Crippen molar-refractivity contribution in [2.45, 2.75) is 44.8 Å². The van der Waals surface area contributed by atoms with Crippen LogP contribution in [0.3, 0.4) is 0 Å². The number of para-hydroxylation sites is 1. The van der Waals surface area contributed by atoms with Gasteiger partial charge in [-0.05, 0) is 46.4 Å². The summed E-state index contributed by atoms with van der Waals surface area (Å²) in [7, 11) is 0. The Balaban J connectivity index is 1.28. The fourth-order valence-corrected chi connectivity index (χ4v) is 6.13. The molecule has 3 aliphatic heterocycles. The van der Waals surface area contributed by atoms with Crippen molar-refractivity contribution in [3.05, 3.63) is 94.7 Å². The topological polar surface area (TPSA) is 74.9 Å². The molecule has 1 fully saturated rings. The summed E-state index contributed by atoms with van der Waals surface area (Å²) in [4.78, 5) is 34.9. The zero-order valence-electron chi connectivity index (χ0n) is 21.4.